The molecule has 0 radical (unpaired) electrons. The van der Waals surface area contributed by atoms with Gasteiger partial charge in [-0.25, -0.2) is 0 Å². The molecule has 0 aromatic rings. The largest absolute Gasteiger partial charge is 0.360 e. The summed E-state index contributed by atoms with van der Waals surface area (Å²) in [6, 6.07) is 0. The quantitative estimate of drug-likeness (QED) is 0.517. The molecule has 1 spiro atoms. The Kier molecular flexibility index (Phi) is 1.98. The van der Waals surface area contributed by atoms with E-state index < -0.39 is 0 Å². The second-order valence-electron chi connectivity index (χ2n) is 3.35. The minimum Gasteiger partial charge on any atom is -0.360 e. The van der Waals surface area contributed by atoms with Crippen molar-refractivity contribution in [1.29, 1.82) is 0 Å². The zero-order chi connectivity index (χ0) is 7.73. The Hall–Kier alpha value is 0.0500. The molecular weight excluding hydrogens is 156 g/mol. The van der Waals surface area contributed by atoms with Crippen molar-refractivity contribution in [3.05, 3.63) is 11.6 Å². The molecular formula is C9H14OS. The number of allylic oxidation sites excluding steroid dienone is 1. The van der Waals surface area contributed by atoms with Gasteiger partial charge in [-0.3, -0.25) is 0 Å². The lowest BCUT2D eigenvalue weighted by atomic mass is 9.98. The van der Waals surface area contributed by atoms with Gasteiger partial charge >= 0.3 is 0 Å². The molecule has 0 aromatic carbocycles. The molecule has 1 atom stereocenters. The second-order valence-corrected chi connectivity index (χ2v) is 4.74. The van der Waals surface area contributed by atoms with Crippen molar-refractivity contribution in [3.63, 3.8) is 0 Å². The van der Waals surface area contributed by atoms with Crippen molar-refractivity contribution in [1.82, 2.24) is 0 Å². The third kappa shape index (κ3) is 1.47. The van der Waals surface area contributed by atoms with Crippen LogP contribution in [0.2, 0.25) is 0 Å². The predicted octanol–water partition coefficient (Wildman–Crippen LogP) is 2.58. The molecule has 1 saturated heterocycles. The summed E-state index contributed by atoms with van der Waals surface area (Å²) in [5, 5.41) is 0. The van der Waals surface area contributed by atoms with E-state index in [0.29, 0.717) is 0 Å². The first-order valence-corrected chi connectivity index (χ1v) is 5.26. The molecule has 0 bridgehead atoms. The summed E-state index contributed by atoms with van der Waals surface area (Å²) in [5.41, 5.74) is 1.51. The lowest BCUT2D eigenvalue weighted by Gasteiger charge is -2.28. The molecule has 2 heteroatoms. The van der Waals surface area contributed by atoms with Gasteiger partial charge in [0.2, 0.25) is 0 Å². The van der Waals surface area contributed by atoms with Gasteiger partial charge in [-0.05, 0) is 32.3 Å². The van der Waals surface area contributed by atoms with Crippen LogP contribution in [0.5, 0.6) is 0 Å². The van der Waals surface area contributed by atoms with Crippen molar-refractivity contribution < 1.29 is 4.74 Å². The maximum atomic E-state index is 5.74. The molecule has 0 amide bonds. The van der Waals surface area contributed by atoms with Crippen LogP contribution in [-0.4, -0.2) is 17.3 Å². The highest BCUT2D eigenvalue weighted by atomic mass is 32.2. The first-order chi connectivity index (χ1) is 5.31. The van der Waals surface area contributed by atoms with Crippen LogP contribution in [0.1, 0.15) is 26.2 Å². The number of hydrogen-bond acceptors (Lipinski definition) is 2. The van der Waals surface area contributed by atoms with Crippen LogP contribution >= 0.6 is 11.8 Å². The van der Waals surface area contributed by atoms with E-state index >= 15 is 0 Å². The van der Waals surface area contributed by atoms with Crippen molar-refractivity contribution in [2.24, 2.45) is 0 Å². The van der Waals surface area contributed by atoms with Gasteiger partial charge in [0.05, 0.1) is 6.61 Å². The normalized spacial score (nSPS) is 37.7. The van der Waals surface area contributed by atoms with Gasteiger partial charge in [0, 0.05) is 5.75 Å². The fourth-order valence-electron chi connectivity index (χ4n) is 1.83. The minimum atomic E-state index is 0.0995. The number of hydrogen-bond donors (Lipinski definition) is 0. The van der Waals surface area contributed by atoms with E-state index in [-0.39, 0.29) is 4.93 Å². The third-order valence-corrected chi connectivity index (χ3v) is 3.64. The Morgan fingerprint density at radius 2 is 2.55 bits per heavy atom. The number of rotatable bonds is 0. The summed E-state index contributed by atoms with van der Waals surface area (Å²) >= 11 is 1.97. The number of ether oxygens (including phenoxy) is 1. The summed E-state index contributed by atoms with van der Waals surface area (Å²) in [6.07, 6.45) is 6.12. The minimum absolute atomic E-state index is 0.0995. The molecule has 2 aliphatic rings. The van der Waals surface area contributed by atoms with Crippen LogP contribution in [-0.2, 0) is 4.74 Å². The third-order valence-electron chi connectivity index (χ3n) is 2.34. The van der Waals surface area contributed by atoms with E-state index in [1.165, 1.54) is 30.6 Å². The summed E-state index contributed by atoms with van der Waals surface area (Å²) in [4.78, 5) is 0.0995. The molecule has 1 heterocycles. The standard InChI is InChI=1S/C9H14OS/c1-8-3-2-4-9(7-8)10-5-6-11-9/h7H,2-6H2,1H3. The maximum absolute atomic E-state index is 5.74. The van der Waals surface area contributed by atoms with Crippen molar-refractivity contribution in [3.8, 4) is 0 Å². The van der Waals surface area contributed by atoms with Gasteiger partial charge in [0.25, 0.3) is 0 Å². The lowest BCUT2D eigenvalue weighted by Crippen LogP contribution is -2.24. The van der Waals surface area contributed by atoms with Gasteiger partial charge in [-0.1, -0.05) is 5.57 Å². The molecule has 62 valence electrons. The lowest BCUT2D eigenvalue weighted by molar-refractivity contribution is 0.0754. The molecule has 1 unspecified atom stereocenters. The van der Waals surface area contributed by atoms with E-state index in [0.717, 1.165) is 6.61 Å². The summed E-state index contributed by atoms with van der Waals surface area (Å²) in [7, 11) is 0. The average molecular weight is 170 g/mol. The van der Waals surface area contributed by atoms with Crippen LogP contribution in [0, 0.1) is 0 Å². The van der Waals surface area contributed by atoms with Crippen LogP contribution in [0.4, 0.5) is 0 Å². The van der Waals surface area contributed by atoms with Gasteiger partial charge in [0.1, 0.15) is 4.93 Å². The monoisotopic (exact) mass is 170 g/mol. The van der Waals surface area contributed by atoms with E-state index in [9.17, 15) is 0 Å². The second kappa shape index (κ2) is 2.83. The molecule has 0 saturated carbocycles. The predicted molar refractivity (Wildman–Crippen MR) is 48.7 cm³/mol. The molecule has 2 rings (SSSR count). The Morgan fingerprint density at radius 3 is 3.18 bits per heavy atom. The van der Waals surface area contributed by atoms with Crippen molar-refractivity contribution in [2.45, 2.75) is 31.1 Å². The van der Waals surface area contributed by atoms with E-state index in [2.05, 4.69) is 13.0 Å². The topological polar surface area (TPSA) is 9.23 Å². The molecule has 1 nitrogen and oxygen atoms in total. The van der Waals surface area contributed by atoms with Crippen LogP contribution in [0.25, 0.3) is 0 Å². The van der Waals surface area contributed by atoms with Gasteiger partial charge in [-0.2, -0.15) is 0 Å². The number of thioether (sulfide) groups is 1. The fraction of sp³-hybridized carbons (Fsp3) is 0.778. The molecule has 0 aromatic heterocycles. The average Bonchev–Trinajstić information content (AvgIpc) is 2.37. The highest BCUT2D eigenvalue weighted by Crippen LogP contribution is 2.42. The SMILES string of the molecule is CC1=CC2(CCC1)OCCS2. The van der Waals surface area contributed by atoms with Gasteiger partial charge in [0.15, 0.2) is 0 Å². The molecule has 1 fully saturated rings. The smallest absolute Gasteiger partial charge is 0.132 e. The van der Waals surface area contributed by atoms with Crippen LogP contribution in [0.15, 0.2) is 11.6 Å². The van der Waals surface area contributed by atoms with Crippen LogP contribution in [0.3, 0.4) is 0 Å². The summed E-state index contributed by atoms with van der Waals surface area (Å²) < 4.78 is 5.74. The summed E-state index contributed by atoms with van der Waals surface area (Å²) in [5.74, 6) is 1.17. The van der Waals surface area contributed by atoms with E-state index in [4.69, 9.17) is 4.74 Å². The molecule has 1 aliphatic carbocycles. The highest BCUT2D eigenvalue weighted by Gasteiger charge is 2.35. The first-order valence-electron chi connectivity index (χ1n) is 4.27. The van der Waals surface area contributed by atoms with Crippen LogP contribution < -0.4 is 0 Å². The Bertz CT molecular complexity index is 180. The van der Waals surface area contributed by atoms with E-state index in [1.807, 2.05) is 11.8 Å². The van der Waals surface area contributed by atoms with E-state index in [1.54, 1.807) is 0 Å². The molecule has 11 heavy (non-hydrogen) atoms. The first kappa shape index (κ1) is 7.69. The Labute approximate surface area is 72.2 Å². The fourth-order valence-corrected chi connectivity index (χ4v) is 3.08. The van der Waals surface area contributed by atoms with Crippen molar-refractivity contribution in [2.75, 3.05) is 12.4 Å². The maximum Gasteiger partial charge on any atom is 0.132 e. The molecule has 0 N–H and O–H groups in total. The Morgan fingerprint density at radius 1 is 1.64 bits per heavy atom. The highest BCUT2D eigenvalue weighted by molar-refractivity contribution is 8.00. The van der Waals surface area contributed by atoms with Crippen molar-refractivity contribution >= 4 is 11.8 Å². The molecule has 1 aliphatic heterocycles. The zero-order valence-electron chi connectivity index (χ0n) is 6.93. The Balaban J connectivity index is 2.17. The van der Waals surface area contributed by atoms with Gasteiger partial charge < -0.3 is 4.74 Å². The van der Waals surface area contributed by atoms with Gasteiger partial charge in [-0.15, -0.1) is 11.8 Å². The zero-order valence-corrected chi connectivity index (χ0v) is 7.75. The summed E-state index contributed by atoms with van der Waals surface area (Å²) in [6.45, 7) is 3.15.